The lowest BCUT2D eigenvalue weighted by Crippen LogP contribution is -2.41. The maximum Gasteiger partial charge on any atom is 0.227 e. The molecule has 0 aliphatic carbocycles. The number of amides is 1. The number of carbonyl (C=O) groups is 1. The summed E-state index contributed by atoms with van der Waals surface area (Å²) in [5.41, 5.74) is 2.34. The van der Waals surface area contributed by atoms with E-state index in [2.05, 4.69) is 30.3 Å². The van der Waals surface area contributed by atoms with Crippen molar-refractivity contribution in [1.82, 2.24) is 4.90 Å². The van der Waals surface area contributed by atoms with Crippen molar-refractivity contribution in [1.29, 1.82) is 0 Å². The standard InChI is InChI=1S/C21H23NO2/c23-21-13-7-12-20(22(21)16-18-8-3-1-4-9-18)14-15-24-17-19-10-5-2-6-11-19/h1-12,20H,13-17H2/t20-/m0/s1. The van der Waals surface area contributed by atoms with Crippen molar-refractivity contribution in [2.45, 2.75) is 32.0 Å². The Balaban J connectivity index is 1.53. The zero-order valence-corrected chi connectivity index (χ0v) is 13.8. The molecule has 1 amide bonds. The van der Waals surface area contributed by atoms with E-state index in [-0.39, 0.29) is 11.9 Å². The SMILES string of the molecule is O=C1CC=C[C@@H](CCOCc2ccccc2)N1Cc1ccccc1. The van der Waals surface area contributed by atoms with Crippen LogP contribution in [0, 0.1) is 0 Å². The van der Waals surface area contributed by atoms with E-state index in [0.29, 0.717) is 26.2 Å². The predicted octanol–water partition coefficient (Wildman–Crippen LogP) is 3.95. The van der Waals surface area contributed by atoms with Crippen molar-refractivity contribution in [3.8, 4) is 0 Å². The van der Waals surface area contributed by atoms with Crippen LogP contribution in [0.2, 0.25) is 0 Å². The van der Waals surface area contributed by atoms with E-state index >= 15 is 0 Å². The number of carbonyl (C=O) groups excluding carboxylic acids is 1. The number of rotatable bonds is 7. The Labute approximate surface area is 143 Å². The van der Waals surface area contributed by atoms with Crippen molar-refractivity contribution in [3.63, 3.8) is 0 Å². The van der Waals surface area contributed by atoms with Crippen LogP contribution >= 0.6 is 0 Å². The van der Waals surface area contributed by atoms with E-state index in [1.165, 1.54) is 5.56 Å². The molecule has 0 saturated heterocycles. The van der Waals surface area contributed by atoms with Gasteiger partial charge in [-0.1, -0.05) is 72.8 Å². The summed E-state index contributed by atoms with van der Waals surface area (Å²) in [5, 5.41) is 0. The molecule has 2 aromatic carbocycles. The second-order valence-corrected chi connectivity index (χ2v) is 6.03. The number of benzene rings is 2. The van der Waals surface area contributed by atoms with Crippen molar-refractivity contribution >= 4 is 5.91 Å². The molecule has 0 N–H and O–H groups in total. The lowest BCUT2D eigenvalue weighted by molar-refractivity contribution is -0.133. The highest BCUT2D eigenvalue weighted by atomic mass is 16.5. The highest BCUT2D eigenvalue weighted by molar-refractivity contribution is 5.79. The van der Waals surface area contributed by atoms with E-state index in [1.807, 2.05) is 47.4 Å². The molecule has 3 heteroatoms. The highest BCUT2D eigenvalue weighted by Gasteiger charge is 2.24. The molecule has 0 aromatic heterocycles. The number of ether oxygens (including phenoxy) is 1. The summed E-state index contributed by atoms with van der Waals surface area (Å²) in [6.45, 7) is 1.92. The molecule has 0 spiro atoms. The van der Waals surface area contributed by atoms with Crippen LogP contribution in [0.1, 0.15) is 24.0 Å². The Morgan fingerprint density at radius 1 is 0.958 bits per heavy atom. The van der Waals surface area contributed by atoms with Crippen molar-refractivity contribution in [2.24, 2.45) is 0 Å². The highest BCUT2D eigenvalue weighted by Crippen LogP contribution is 2.18. The largest absolute Gasteiger partial charge is 0.377 e. The molecule has 124 valence electrons. The average molecular weight is 321 g/mol. The first-order valence-electron chi connectivity index (χ1n) is 8.44. The van der Waals surface area contributed by atoms with Gasteiger partial charge in [-0.05, 0) is 17.5 Å². The Kier molecular flexibility index (Phi) is 5.80. The molecule has 3 rings (SSSR count). The molecule has 0 saturated carbocycles. The Bertz CT molecular complexity index is 667. The van der Waals surface area contributed by atoms with Gasteiger partial charge >= 0.3 is 0 Å². The maximum absolute atomic E-state index is 12.3. The fraction of sp³-hybridized carbons (Fsp3) is 0.286. The van der Waals surface area contributed by atoms with Gasteiger partial charge in [0.15, 0.2) is 0 Å². The molecule has 2 aromatic rings. The number of hydrogen-bond acceptors (Lipinski definition) is 2. The summed E-state index contributed by atoms with van der Waals surface area (Å²) in [5.74, 6) is 0.189. The number of nitrogens with zero attached hydrogens (tertiary/aromatic N) is 1. The molecular formula is C21H23NO2. The van der Waals surface area contributed by atoms with Crippen LogP contribution in [-0.2, 0) is 22.7 Å². The number of hydrogen-bond donors (Lipinski definition) is 0. The van der Waals surface area contributed by atoms with Gasteiger partial charge in [0.2, 0.25) is 5.91 Å². The van der Waals surface area contributed by atoms with Crippen molar-refractivity contribution < 1.29 is 9.53 Å². The smallest absolute Gasteiger partial charge is 0.227 e. The third kappa shape index (κ3) is 4.56. The van der Waals surface area contributed by atoms with E-state index in [0.717, 1.165) is 12.0 Å². The minimum Gasteiger partial charge on any atom is -0.377 e. The van der Waals surface area contributed by atoms with Crippen LogP contribution in [0.15, 0.2) is 72.8 Å². The van der Waals surface area contributed by atoms with Gasteiger partial charge in [-0.2, -0.15) is 0 Å². The summed E-state index contributed by atoms with van der Waals surface area (Å²) in [6, 6.07) is 20.4. The van der Waals surface area contributed by atoms with E-state index < -0.39 is 0 Å². The average Bonchev–Trinajstić information content (AvgIpc) is 2.63. The monoisotopic (exact) mass is 321 g/mol. The second-order valence-electron chi connectivity index (χ2n) is 6.03. The molecule has 0 fully saturated rings. The molecule has 1 aliphatic heterocycles. The summed E-state index contributed by atoms with van der Waals surface area (Å²) in [4.78, 5) is 14.3. The van der Waals surface area contributed by atoms with E-state index in [9.17, 15) is 4.79 Å². The Morgan fingerprint density at radius 2 is 1.62 bits per heavy atom. The Morgan fingerprint density at radius 3 is 2.33 bits per heavy atom. The first-order valence-corrected chi connectivity index (χ1v) is 8.44. The molecule has 3 nitrogen and oxygen atoms in total. The first kappa shape index (κ1) is 16.5. The quantitative estimate of drug-likeness (QED) is 0.571. The minimum atomic E-state index is 0.113. The van der Waals surface area contributed by atoms with E-state index in [4.69, 9.17) is 4.74 Å². The van der Waals surface area contributed by atoms with Crippen molar-refractivity contribution in [3.05, 3.63) is 83.9 Å². The van der Waals surface area contributed by atoms with Gasteiger partial charge in [0.05, 0.1) is 12.6 Å². The normalized spacial score (nSPS) is 17.2. The van der Waals surface area contributed by atoms with Gasteiger partial charge in [-0.3, -0.25) is 4.79 Å². The van der Waals surface area contributed by atoms with Gasteiger partial charge < -0.3 is 9.64 Å². The fourth-order valence-corrected chi connectivity index (χ4v) is 2.94. The van der Waals surface area contributed by atoms with Crippen LogP contribution in [-0.4, -0.2) is 23.5 Å². The third-order valence-corrected chi connectivity index (χ3v) is 4.24. The molecule has 24 heavy (non-hydrogen) atoms. The van der Waals surface area contributed by atoms with Gasteiger partial charge in [-0.15, -0.1) is 0 Å². The lowest BCUT2D eigenvalue weighted by atomic mass is 10.0. The predicted molar refractivity (Wildman–Crippen MR) is 95.3 cm³/mol. The topological polar surface area (TPSA) is 29.5 Å². The summed E-state index contributed by atoms with van der Waals surface area (Å²) in [7, 11) is 0. The molecule has 0 unspecified atom stereocenters. The Hall–Kier alpha value is -2.39. The van der Waals surface area contributed by atoms with Crippen LogP contribution in [0.4, 0.5) is 0 Å². The molecule has 1 aliphatic rings. The van der Waals surface area contributed by atoms with E-state index in [1.54, 1.807) is 0 Å². The van der Waals surface area contributed by atoms with Crippen LogP contribution < -0.4 is 0 Å². The van der Waals surface area contributed by atoms with Crippen LogP contribution in [0.3, 0.4) is 0 Å². The molecular weight excluding hydrogens is 298 g/mol. The molecule has 1 heterocycles. The van der Waals surface area contributed by atoms with Crippen LogP contribution in [0.5, 0.6) is 0 Å². The molecule has 1 atom stereocenters. The lowest BCUT2D eigenvalue weighted by Gasteiger charge is -2.32. The minimum absolute atomic E-state index is 0.113. The summed E-state index contributed by atoms with van der Waals surface area (Å²) >= 11 is 0. The van der Waals surface area contributed by atoms with Gasteiger partial charge in [0.1, 0.15) is 0 Å². The first-order chi connectivity index (χ1) is 11.8. The summed E-state index contributed by atoms with van der Waals surface area (Å²) < 4.78 is 5.78. The van der Waals surface area contributed by atoms with Gasteiger partial charge in [0.25, 0.3) is 0 Å². The van der Waals surface area contributed by atoms with Crippen molar-refractivity contribution in [2.75, 3.05) is 6.61 Å². The third-order valence-electron chi connectivity index (χ3n) is 4.24. The second kappa shape index (κ2) is 8.46. The zero-order chi connectivity index (χ0) is 16.6. The molecule has 0 radical (unpaired) electrons. The fourth-order valence-electron chi connectivity index (χ4n) is 2.94. The molecule has 0 bridgehead atoms. The van der Waals surface area contributed by atoms with Crippen LogP contribution in [0.25, 0.3) is 0 Å². The van der Waals surface area contributed by atoms with Gasteiger partial charge in [-0.25, -0.2) is 0 Å². The summed E-state index contributed by atoms with van der Waals surface area (Å²) in [6.07, 6.45) is 5.43. The van der Waals surface area contributed by atoms with Gasteiger partial charge in [0, 0.05) is 19.6 Å². The zero-order valence-electron chi connectivity index (χ0n) is 13.8. The maximum atomic E-state index is 12.3.